The van der Waals surface area contributed by atoms with E-state index in [2.05, 4.69) is 10.3 Å². The average molecular weight is 281 g/mol. The van der Waals surface area contributed by atoms with E-state index < -0.39 is 4.92 Å². The fourth-order valence-corrected chi connectivity index (χ4v) is 1.95. The highest BCUT2D eigenvalue weighted by molar-refractivity contribution is 6.20. The SMILES string of the molecule is Cc1cc(C)c([N+](=O)[O-])cc1-n1cc(C(C)Cl)nn1. The van der Waals surface area contributed by atoms with Crippen molar-refractivity contribution in [2.24, 2.45) is 0 Å². The van der Waals surface area contributed by atoms with E-state index in [0.29, 0.717) is 16.9 Å². The van der Waals surface area contributed by atoms with E-state index in [1.54, 1.807) is 26.1 Å². The lowest BCUT2D eigenvalue weighted by Crippen LogP contribution is -2.01. The van der Waals surface area contributed by atoms with Crippen LogP contribution < -0.4 is 0 Å². The molecule has 100 valence electrons. The molecule has 0 aliphatic carbocycles. The fourth-order valence-electron chi connectivity index (χ4n) is 1.85. The summed E-state index contributed by atoms with van der Waals surface area (Å²) in [4.78, 5) is 10.6. The van der Waals surface area contributed by atoms with Gasteiger partial charge in [0.05, 0.1) is 22.2 Å². The third kappa shape index (κ3) is 2.58. The van der Waals surface area contributed by atoms with E-state index in [9.17, 15) is 10.1 Å². The molecule has 2 aromatic rings. The molecule has 0 aliphatic heterocycles. The molecule has 19 heavy (non-hydrogen) atoms. The van der Waals surface area contributed by atoms with Gasteiger partial charge in [-0.05, 0) is 32.4 Å². The number of aromatic nitrogens is 3. The summed E-state index contributed by atoms with van der Waals surface area (Å²) in [6, 6.07) is 3.26. The smallest absolute Gasteiger partial charge is 0.258 e. The standard InChI is InChI=1S/C12H13ClN4O2/c1-7-4-8(2)12(17(18)19)5-11(7)16-6-10(9(3)13)14-15-16/h4-6,9H,1-3H3. The van der Waals surface area contributed by atoms with Gasteiger partial charge in [-0.2, -0.15) is 0 Å². The Hall–Kier alpha value is -1.95. The zero-order chi connectivity index (χ0) is 14.2. The van der Waals surface area contributed by atoms with Gasteiger partial charge in [0.15, 0.2) is 0 Å². The number of benzene rings is 1. The Morgan fingerprint density at radius 3 is 2.58 bits per heavy atom. The van der Waals surface area contributed by atoms with Crippen LogP contribution in [0.1, 0.15) is 29.1 Å². The predicted molar refractivity (Wildman–Crippen MR) is 71.8 cm³/mol. The Kier molecular flexibility index (Phi) is 3.53. The molecule has 0 saturated heterocycles. The molecule has 7 heteroatoms. The van der Waals surface area contributed by atoms with Crippen molar-refractivity contribution >= 4 is 17.3 Å². The number of alkyl halides is 1. The summed E-state index contributed by atoms with van der Waals surface area (Å²) in [6.07, 6.45) is 1.68. The maximum absolute atomic E-state index is 11.0. The molecule has 0 aliphatic rings. The third-order valence-corrected chi connectivity index (χ3v) is 3.10. The quantitative estimate of drug-likeness (QED) is 0.492. The molecular weight excluding hydrogens is 268 g/mol. The van der Waals surface area contributed by atoms with Crippen LogP contribution in [0.2, 0.25) is 0 Å². The summed E-state index contributed by atoms with van der Waals surface area (Å²) < 4.78 is 1.51. The van der Waals surface area contributed by atoms with E-state index in [4.69, 9.17) is 11.6 Å². The lowest BCUT2D eigenvalue weighted by atomic mass is 10.1. The molecule has 2 rings (SSSR count). The molecule has 1 atom stereocenters. The van der Waals surface area contributed by atoms with Crippen LogP contribution in [0.25, 0.3) is 5.69 Å². The predicted octanol–water partition coefficient (Wildman–Crippen LogP) is 3.09. The van der Waals surface area contributed by atoms with Gasteiger partial charge in [-0.15, -0.1) is 16.7 Å². The lowest BCUT2D eigenvalue weighted by molar-refractivity contribution is -0.385. The Morgan fingerprint density at radius 2 is 2.05 bits per heavy atom. The van der Waals surface area contributed by atoms with Crippen molar-refractivity contribution in [3.05, 3.63) is 45.3 Å². The first-order valence-electron chi connectivity index (χ1n) is 5.72. The average Bonchev–Trinajstić information content (AvgIpc) is 2.77. The van der Waals surface area contributed by atoms with Gasteiger partial charge in [-0.3, -0.25) is 10.1 Å². The number of aryl methyl sites for hydroxylation is 2. The van der Waals surface area contributed by atoms with Crippen LogP contribution in [0.5, 0.6) is 0 Å². The molecule has 0 N–H and O–H groups in total. The normalized spacial score (nSPS) is 12.4. The lowest BCUT2D eigenvalue weighted by Gasteiger charge is -2.06. The molecular formula is C12H13ClN4O2. The molecule has 1 aromatic heterocycles. The molecule has 0 amide bonds. The highest BCUT2D eigenvalue weighted by atomic mass is 35.5. The molecule has 0 radical (unpaired) electrons. The van der Waals surface area contributed by atoms with E-state index in [1.165, 1.54) is 10.7 Å². The van der Waals surface area contributed by atoms with E-state index in [0.717, 1.165) is 5.56 Å². The van der Waals surface area contributed by atoms with Crippen molar-refractivity contribution in [3.63, 3.8) is 0 Å². The van der Waals surface area contributed by atoms with Crippen LogP contribution in [-0.2, 0) is 0 Å². The number of hydrogen-bond acceptors (Lipinski definition) is 4. The molecule has 0 saturated carbocycles. The van der Waals surface area contributed by atoms with Gasteiger partial charge in [0.1, 0.15) is 5.69 Å². The van der Waals surface area contributed by atoms with Crippen molar-refractivity contribution in [3.8, 4) is 5.69 Å². The van der Waals surface area contributed by atoms with Gasteiger partial charge in [-0.1, -0.05) is 5.21 Å². The first-order chi connectivity index (χ1) is 8.90. The maximum Gasteiger partial charge on any atom is 0.274 e. The number of halogens is 1. The second kappa shape index (κ2) is 4.97. The molecule has 1 unspecified atom stereocenters. The van der Waals surface area contributed by atoms with Gasteiger partial charge in [0.25, 0.3) is 5.69 Å². The first kappa shape index (κ1) is 13.5. The minimum atomic E-state index is -0.402. The highest BCUT2D eigenvalue weighted by Gasteiger charge is 2.16. The van der Waals surface area contributed by atoms with E-state index in [-0.39, 0.29) is 11.1 Å². The number of nitrogens with zero attached hydrogens (tertiary/aromatic N) is 4. The minimum absolute atomic E-state index is 0.0663. The van der Waals surface area contributed by atoms with Crippen LogP contribution in [0.4, 0.5) is 5.69 Å². The maximum atomic E-state index is 11.0. The molecule has 1 aromatic carbocycles. The van der Waals surface area contributed by atoms with Gasteiger partial charge in [0.2, 0.25) is 0 Å². The topological polar surface area (TPSA) is 73.8 Å². The second-order valence-corrected chi connectivity index (χ2v) is 5.04. The Bertz CT molecular complexity index is 637. The van der Waals surface area contributed by atoms with Crippen molar-refractivity contribution in [1.29, 1.82) is 0 Å². The summed E-state index contributed by atoms with van der Waals surface area (Å²) >= 11 is 5.93. The Morgan fingerprint density at radius 1 is 1.37 bits per heavy atom. The van der Waals surface area contributed by atoms with E-state index >= 15 is 0 Å². The van der Waals surface area contributed by atoms with Crippen molar-refractivity contribution < 1.29 is 4.92 Å². The zero-order valence-electron chi connectivity index (χ0n) is 10.8. The number of hydrogen-bond donors (Lipinski definition) is 0. The first-order valence-corrected chi connectivity index (χ1v) is 6.16. The van der Waals surface area contributed by atoms with Crippen LogP contribution in [0.3, 0.4) is 0 Å². The summed E-state index contributed by atoms with van der Waals surface area (Å²) in [5.41, 5.74) is 2.84. The van der Waals surface area contributed by atoms with Crippen molar-refractivity contribution in [1.82, 2.24) is 15.0 Å². The van der Waals surface area contributed by atoms with Crippen LogP contribution in [-0.4, -0.2) is 19.9 Å². The van der Waals surface area contributed by atoms with Crippen LogP contribution in [0.15, 0.2) is 18.3 Å². The number of nitro groups is 1. The van der Waals surface area contributed by atoms with Gasteiger partial charge in [-0.25, -0.2) is 4.68 Å². The van der Waals surface area contributed by atoms with Crippen LogP contribution >= 0.6 is 11.6 Å². The Labute approximate surface area is 115 Å². The fraction of sp³-hybridized carbons (Fsp3) is 0.333. The van der Waals surface area contributed by atoms with E-state index in [1.807, 2.05) is 6.92 Å². The molecule has 6 nitrogen and oxygen atoms in total. The summed E-state index contributed by atoms with van der Waals surface area (Å²) in [7, 11) is 0. The molecule has 0 fully saturated rings. The monoisotopic (exact) mass is 280 g/mol. The van der Waals surface area contributed by atoms with Gasteiger partial charge < -0.3 is 0 Å². The third-order valence-electron chi connectivity index (χ3n) is 2.88. The van der Waals surface area contributed by atoms with Gasteiger partial charge >= 0.3 is 0 Å². The summed E-state index contributed by atoms with van der Waals surface area (Å²) in [5.74, 6) is 0. The summed E-state index contributed by atoms with van der Waals surface area (Å²) in [6.45, 7) is 5.38. The highest BCUT2D eigenvalue weighted by Crippen LogP contribution is 2.26. The minimum Gasteiger partial charge on any atom is -0.258 e. The second-order valence-electron chi connectivity index (χ2n) is 4.39. The number of rotatable bonds is 3. The van der Waals surface area contributed by atoms with Crippen LogP contribution in [0, 0.1) is 24.0 Å². The zero-order valence-corrected chi connectivity index (χ0v) is 11.5. The van der Waals surface area contributed by atoms with Crippen molar-refractivity contribution in [2.45, 2.75) is 26.1 Å². The summed E-state index contributed by atoms with van der Waals surface area (Å²) in [5, 5.41) is 18.6. The molecule has 1 heterocycles. The molecule has 0 spiro atoms. The molecule has 0 bridgehead atoms. The number of nitro benzene ring substituents is 1. The largest absolute Gasteiger partial charge is 0.274 e. The van der Waals surface area contributed by atoms with Gasteiger partial charge in [0, 0.05) is 11.6 Å². The van der Waals surface area contributed by atoms with Crippen molar-refractivity contribution in [2.75, 3.05) is 0 Å². The Balaban J connectivity index is 2.54.